The zero-order valence-corrected chi connectivity index (χ0v) is 15.1. The highest BCUT2D eigenvalue weighted by Gasteiger charge is 2.32. The summed E-state index contributed by atoms with van der Waals surface area (Å²) >= 11 is 0. The van der Waals surface area contributed by atoms with E-state index >= 15 is 0 Å². The van der Waals surface area contributed by atoms with Crippen molar-refractivity contribution >= 4 is 6.03 Å². The molecule has 1 aliphatic heterocycles. The molecule has 0 aliphatic carbocycles. The lowest BCUT2D eigenvalue weighted by Crippen LogP contribution is -2.59. The normalized spacial score (nSPS) is 14.2. The third-order valence-corrected chi connectivity index (χ3v) is 4.01. The van der Waals surface area contributed by atoms with Gasteiger partial charge in [0.1, 0.15) is 11.9 Å². The summed E-state index contributed by atoms with van der Waals surface area (Å²) in [5.74, 6) is 1.85. The van der Waals surface area contributed by atoms with Crippen molar-refractivity contribution in [1.82, 2.24) is 20.4 Å². The van der Waals surface area contributed by atoms with Crippen LogP contribution in [0.15, 0.2) is 28.8 Å². The monoisotopic (exact) mass is 360 g/mol. The molecule has 0 bridgehead atoms. The minimum absolute atomic E-state index is 0.0145. The Balaban J connectivity index is 1.38. The van der Waals surface area contributed by atoms with Gasteiger partial charge in [-0.15, -0.1) is 0 Å². The molecule has 8 heteroatoms. The Labute approximate surface area is 152 Å². The van der Waals surface area contributed by atoms with E-state index in [2.05, 4.69) is 15.5 Å². The standard InChI is InChI=1S/C18H24N4O4/c1-3-24-10-4-9-19-18(23)22-11-16(12-22)25-15-7-5-14(6-8-15)17-20-13(2)21-26-17/h5-8,16H,3-4,9-12H2,1-2H3,(H,19,23). The van der Waals surface area contributed by atoms with Crippen LogP contribution < -0.4 is 10.1 Å². The van der Waals surface area contributed by atoms with Crippen molar-refractivity contribution in [2.75, 3.05) is 32.8 Å². The largest absolute Gasteiger partial charge is 0.487 e. The second-order valence-corrected chi connectivity index (χ2v) is 6.10. The predicted octanol–water partition coefficient (Wildman–Crippen LogP) is 2.24. The van der Waals surface area contributed by atoms with Gasteiger partial charge in [0.15, 0.2) is 5.82 Å². The molecule has 0 atom stereocenters. The maximum Gasteiger partial charge on any atom is 0.317 e. The number of hydrogen-bond acceptors (Lipinski definition) is 6. The summed E-state index contributed by atoms with van der Waals surface area (Å²) in [4.78, 5) is 17.9. The van der Waals surface area contributed by atoms with Gasteiger partial charge in [-0.25, -0.2) is 4.79 Å². The minimum Gasteiger partial charge on any atom is -0.487 e. The fourth-order valence-corrected chi connectivity index (χ4v) is 2.59. The van der Waals surface area contributed by atoms with E-state index in [-0.39, 0.29) is 12.1 Å². The summed E-state index contributed by atoms with van der Waals surface area (Å²) in [5.41, 5.74) is 0.847. The molecular weight excluding hydrogens is 336 g/mol. The first-order valence-electron chi connectivity index (χ1n) is 8.83. The number of carbonyl (C=O) groups excluding carboxylic acids is 1. The van der Waals surface area contributed by atoms with Crippen LogP contribution in [0, 0.1) is 6.92 Å². The van der Waals surface area contributed by atoms with E-state index in [1.807, 2.05) is 31.2 Å². The van der Waals surface area contributed by atoms with E-state index in [9.17, 15) is 4.79 Å². The van der Waals surface area contributed by atoms with Gasteiger partial charge in [0.2, 0.25) is 0 Å². The summed E-state index contributed by atoms with van der Waals surface area (Å²) in [6.45, 7) is 6.90. The zero-order valence-electron chi connectivity index (χ0n) is 15.1. The summed E-state index contributed by atoms with van der Waals surface area (Å²) in [7, 11) is 0. The number of likely N-dealkylation sites (tertiary alicyclic amines) is 1. The molecule has 2 heterocycles. The summed E-state index contributed by atoms with van der Waals surface area (Å²) in [6.07, 6.45) is 0.833. The number of nitrogens with zero attached hydrogens (tertiary/aromatic N) is 3. The van der Waals surface area contributed by atoms with Crippen molar-refractivity contribution in [2.45, 2.75) is 26.4 Å². The smallest absolute Gasteiger partial charge is 0.317 e. The van der Waals surface area contributed by atoms with Crippen LogP contribution in [-0.2, 0) is 4.74 Å². The summed E-state index contributed by atoms with van der Waals surface area (Å²) in [6, 6.07) is 7.44. The average Bonchev–Trinajstić information content (AvgIpc) is 3.04. The molecular formula is C18H24N4O4. The van der Waals surface area contributed by atoms with E-state index < -0.39 is 0 Å². The number of ether oxygens (including phenoxy) is 2. The SMILES string of the molecule is CCOCCCNC(=O)N1CC(Oc2ccc(-c3nc(C)no3)cc2)C1. The molecule has 1 saturated heterocycles. The van der Waals surface area contributed by atoms with Crippen LogP contribution in [0.5, 0.6) is 5.75 Å². The Morgan fingerprint density at radius 2 is 2.12 bits per heavy atom. The molecule has 0 spiro atoms. The van der Waals surface area contributed by atoms with Gasteiger partial charge in [0, 0.05) is 25.3 Å². The molecule has 1 aromatic carbocycles. The molecule has 1 N–H and O–H groups in total. The Kier molecular flexibility index (Phi) is 6.06. The van der Waals surface area contributed by atoms with Gasteiger partial charge in [0.05, 0.1) is 13.1 Å². The molecule has 1 fully saturated rings. The molecule has 2 amide bonds. The van der Waals surface area contributed by atoms with E-state index in [0.29, 0.717) is 44.6 Å². The van der Waals surface area contributed by atoms with Crippen molar-refractivity contribution < 1.29 is 18.8 Å². The second kappa shape index (κ2) is 8.66. The van der Waals surface area contributed by atoms with Gasteiger partial charge in [-0.3, -0.25) is 0 Å². The fraction of sp³-hybridized carbons (Fsp3) is 0.500. The number of rotatable bonds is 8. The van der Waals surface area contributed by atoms with Gasteiger partial charge in [-0.05, 0) is 44.5 Å². The van der Waals surface area contributed by atoms with Crippen molar-refractivity contribution in [3.63, 3.8) is 0 Å². The predicted molar refractivity (Wildman–Crippen MR) is 95.0 cm³/mol. The van der Waals surface area contributed by atoms with Crippen LogP contribution in [0.3, 0.4) is 0 Å². The van der Waals surface area contributed by atoms with Crippen molar-refractivity contribution in [3.8, 4) is 17.2 Å². The third-order valence-electron chi connectivity index (χ3n) is 4.01. The van der Waals surface area contributed by atoms with Crippen LogP contribution in [0.1, 0.15) is 19.2 Å². The Bertz CT molecular complexity index is 710. The molecule has 0 saturated carbocycles. The Morgan fingerprint density at radius 3 is 2.77 bits per heavy atom. The first-order chi connectivity index (χ1) is 12.7. The highest BCUT2D eigenvalue weighted by Crippen LogP contribution is 2.23. The van der Waals surface area contributed by atoms with Crippen LogP contribution in [0.25, 0.3) is 11.5 Å². The molecule has 1 aliphatic rings. The van der Waals surface area contributed by atoms with Crippen molar-refractivity contribution in [1.29, 1.82) is 0 Å². The lowest BCUT2D eigenvalue weighted by Gasteiger charge is -2.38. The number of benzene rings is 1. The number of hydrogen-bond donors (Lipinski definition) is 1. The van der Waals surface area contributed by atoms with E-state index in [0.717, 1.165) is 17.7 Å². The highest BCUT2D eigenvalue weighted by molar-refractivity contribution is 5.75. The average molecular weight is 360 g/mol. The van der Waals surface area contributed by atoms with Crippen molar-refractivity contribution in [3.05, 3.63) is 30.1 Å². The molecule has 0 unspecified atom stereocenters. The molecule has 1 aromatic heterocycles. The van der Waals surface area contributed by atoms with Crippen LogP contribution in [-0.4, -0.2) is 60.0 Å². The molecule has 26 heavy (non-hydrogen) atoms. The fourth-order valence-electron chi connectivity index (χ4n) is 2.59. The number of carbonyl (C=O) groups is 1. The Morgan fingerprint density at radius 1 is 1.35 bits per heavy atom. The van der Waals surface area contributed by atoms with Crippen LogP contribution in [0.2, 0.25) is 0 Å². The highest BCUT2D eigenvalue weighted by atomic mass is 16.5. The minimum atomic E-state index is -0.0524. The van der Waals surface area contributed by atoms with Gasteiger partial charge in [-0.1, -0.05) is 5.16 Å². The van der Waals surface area contributed by atoms with E-state index in [1.54, 1.807) is 11.8 Å². The summed E-state index contributed by atoms with van der Waals surface area (Å²) in [5, 5.41) is 6.66. The lowest BCUT2D eigenvalue weighted by molar-refractivity contribution is 0.0442. The lowest BCUT2D eigenvalue weighted by atomic mass is 10.1. The molecule has 3 rings (SSSR count). The molecule has 8 nitrogen and oxygen atoms in total. The second-order valence-electron chi connectivity index (χ2n) is 6.10. The first kappa shape index (κ1) is 18.2. The molecule has 0 radical (unpaired) electrons. The van der Waals surface area contributed by atoms with E-state index in [1.165, 1.54) is 0 Å². The zero-order chi connectivity index (χ0) is 18.4. The van der Waals surface area contributed by atoms with Crippen LogP contribution in [0.4, 0.5) is 4.79 Å². The molecule has 2 aromatic rings. The quantitative estimate of drug-likeness (QED) is 0.726. The Hall–Kier alpha value is -2.61. The van der Waals surface area contributed by atoms with Gasteiger partial charge < -0.3 is 24.2 Å². The summed E-state index contributed by atoms with van der Waals surface area (Å²) < 4.78 is 16.3. The molecule has 140 valence electrons. The van der Waals surface area contributed by atoms with Gasteiger partial charge in [0.25, 0.3) is 5.89 Å². The topological polar surface area (TPSA) is 89.7 Å². The number of amides is 2. The number of urea groups is 1. The van der Waals surface area contributed by atoms with Gasteiger partial charge in [-0.2, -0.15) is 4.98 Å². The number of aryl methyl sites for hydroxylation is 1. The van der Waals surface area contributed by atoms with E-state index in [4.69, 9.17) is 14.0 Å². The first-order valence-corrected chi connectivity index (χ1v) is 8.83. The number of nitrogens with one attached hydrogen (secondary N) is 1. The third kappa shape index (κ3) is 4.72. The van der Waals surface area contributed by atoms with Crippen LogP contribution >= 0.6 is 0 Å². The maximum absolute atomic E-state index is 12.0. The maximum atomic E-state index is 12.0. The number of aromatic nitrogens is 2. The van der Waals surface area contributed by atoms with Gasteiger partial charge >= 0.3 is 6.03 Å². The van der Waals surface area contributed by atoms with Crippen molar-refractivity contribution in [2.24, 2.45) is 0 Å².